The summed E-state index contributed by atoms with van der Waals surface area (Å²) >= 11 is 5.92. The summed E-state index contributed by atoms with van der Waals surface area (Å²) < 4.78 is 5.73. The molecule has 2 N–H and O–H groups in total. The van der Waals surface area contributed by atoms with Crippen molar-refractivity contribution >= 4 is 34.8 Å². The molecule has 6 heteroatoms. The number of benzene rings is 2. The molecular formula is C20H21ClN2O3. The van der Waals surface area contributed by atoms with Gasteiger partial charge in [0.15, 0.2) is 0 Å². The molecule has 0 saturated heterocycles. The number of carbonyl (C=O) groups excluding carboxylic acids is 2. The van der Waals surface area contributed by atoms with E-state index in [9.17, 15) is 9.59 Å². The lowest BCUT2D eigenvalue weighted by Gasteiger charge is -2.17. The third kappa shape index (κ3) is 4.76. The van der Waals surface area contributed by atoms with Crippen molar-refractivity contribution in [2.24, 2.45) is 0 Å². The number of halogens is 1. The highest BCUT2D eigenvalue weighted by atomic mass is 35.5. The first-order valence-corrected chi connectivity index (χ1v) is 9.00. The summed E-state index contributed by atoms with van der Waals surface area (Å²) in [6.07, 6.45) is 2.22. The second-order valence-electron chi connectivity index (χ2n) is 6.33. The Morgan fingerprint density at radius 2 is 2.08 bits per heavy atom. The second kappa shape index (κ2) is 8.23. The summed E-state index contributed by atoms with van der Waals surface area (Å²) in [4.78, 5) is 23.4. The van der Waals surface area contributed by atoms with Crippen LogP contribution in [0.5, 0.6) is 5.75 Å². The van der Waals surface area contributed by atoms with E-state index in [0.29, 0.717) is 30.9 Å². The fourth-order valence-electron chi connectivity index (χ4n) is 2.85. The molecule has 0 aliphatic carbocycles. The Kier molecular flexibility index (Phi) is 5.78. The maximum atomic E-state index is 12.0. The van der Waals surface area contributed by atoms with Gasteiger partial charge in [-0.15, -0.1) is 0 Å². The Morgan fingerprint density at radius 1 is 1.23 bits per heavy atom. The lowest BCUT2D eigenvalue weighted by atomic mass is 10.0. The predicted octanol–water partition coefficient (Wildman–Crippen LogP) is 4.33. The Morgan fingerprint density at radius 3 is 2.88 bits per heavy atom. The van der Waals surface area contributed by atoms with Gasteiger partial charge < -0.3 is 15.4 Å². The zero-order valence-corrected chi connectivity index (χ0v) is 15.4. The molecule has 2 aromatic carbocycles. The summed E-state index contributed by atoms with van der Waals surface area (Å²) in [7, 11) is 0. The van der Waals surface area contributed by atoms with Gasteiger partial charge in [-0.1, -0.05) is 11.6 Å². The molecule has 1 aliphatic rings. The first kappa shape index (κ1) is 18.3. The van der Waals surface area contributed by atoms with E-state index < -0.39 is 0 Å². The van der Waals surface area contributed by atoms with Crippen molar-refractivity contribution in [3.63, 3.8) is 0 Å². The van der Waals surface area contributed by atoms with Crippen molar-refractivity contribution in [1.82, 2.24) is 0 Å². The van der Waals surface area contributed by atoms with E-state index in [1.807, 2.05) is 31.2 Å². The number of amides is 2. The molecule has 136 valence electrons. The molecule has 0 spiro atoms. The molecule has 0 saturated carbocycles. The average Bonchev–Trinajstić information content (AvgIpc) is 2.61. The van der Waals surface area contributed by atoms with Crippen molar-refractivity contribution in [3.05, 3.63) is 52.5 Å². The average molecular weight is 373 g/mol. The molecule has 5 nitrogen and oxygen atoms in total. The number of fused-ring (bicyclic) bond motifs is 1. The van der Waals surface area contributed by atoms with E-state index in [-0.39, 0.29) is 11.8 Å². The van der Waals surface area contributed by atoms with E-state index in [0.717, 1.165) is 34.7 Å². The molecule has 0 bridgehead atoms. The van der Waals surface area contributed by atoms with Gasteiger partial charge >= 0.3 is 0 Å². The van der Waals surface area contributed by atoms with E-state index in [4.69, 9.17) is 16.3 Å². The fraction of sp³-hybridized carbons (Fsp3) is 0.300. The van der Waals surface area contributed by atoms with E-state index in [2.05, 4.69) is 10.6 Å². The minimum Gasteiger partial charge on any atom is -0.494 e. The van der Waals surface area contributed by atoms with Crippen LogP contribution in [0.1, 0.15) is 30.4 Å². The van der Waals surface area contributed by atoms with Crippen LogP contribution in [0.4, 0.5) is 11.4 Å². The van der Waals surface area contributed by atoms with Crippen molar-refractivity contribution < 1.29 is 14.3 Å². The highest BCUT2D eigenvalue weighted by molar-refractivity contribution is 6.30. The molecule has 0 aromatic heterocycles. The summed E-state index contributed by atoms with van der Waals surface area (Å²) in [5.41, 5.74) is 3.64. The fourth-order valence-corrected chi connectivity index (χ4v) is 3.08. The van der Waals surface area contributed by atoms with Crippen LogP contribution in [-0.2, 0) is 16.0 Å². The van der Waals surface area contributed by atoms with Gasteiger partial charge in [-0.2, -0.15) is 0 Å². The SMILES string of the molecule is Cc1cc(Cl)ccc1NC(=O)CCCOc1ccc2c(c1)CCC(=O)N2. The van der Waals surface area contributed by atoms with Crippen molar-refractivity contribution in [3.8, 4) is 5.75 Å². The molecule has 1 heterocycles. The molecule has 3 rings (SSSR count). The summed E-state index contributed by atoms with van der Waals surface area (Å²) in [5.74, 6) is 0.758. The molecule has 0 unspecified atom stereocenters. The first-order chi connectivity index (χ1) is 12.5. The van der Waals surface area contributed by atoms with Crippen LogP contribution < -0.4 is 15.4 Å². The molecule has 0 radical (unpaired) electrons. The van der Waals surface area contributed by atoms with Crippen LogP contribution in [0.25, 0.3) is 0 Å². The minimum absolute atomic E-state index is 0.0489. The standard InChI is InChI=1S/C20H21ClN2O3/c1-13-11-15(21)5-7-17(13)22-19(24)3-2-10-26-16-6-8-18-14(12-16)4-9-20(25)23-18/h5-8,11-12H,2-4,9-10H2,1H3,(H,22,24)(H,23,25). The van der Waals surface area contributed by atoms with E-state index in [1.54, 1.807) is 12.1 Å². The van der Waals surface area contributed by atoms with Gasteiger partial charge in [0, 0.05) is 29.2 Å². The molecule has 0 fully saturated rings. The lowest BCUT2D eigenvalue weighted by Crippen LogP contribution is -2.18. The number of rotatable bonds is 6. The van der Waals surface area contributed by atoms with Crippen LogP contribution >= 0.6 is 11.6 Å². The number of aryl methyl sites for hydroxylation is 2. The van der Waals surface area contributed by atoms with Crippen molar-refractivity contribution in [2.45, 2.75) is 32.6 Å². The Bertz CT molecular complexity index is 836. The molecule has 2 amide bonds. The number of carbonyl (C=O) groups is 2. The van der Waals surface area contributed by atoms with Crippen molar-refractivity contribution in [1.29, 1.82) is 0 Å². The summed E-state index contributed by atoms with van der Waals surface area (Å²) in [5, 5.41) is 6.38. The predicted molar refractivity (Wildman–Crippen MR) is 103 cm³/mol. The van der Waals surface area contributed by atoms with Gasteiger partial charge in [-0.05, 0) is 67.3 Å². The highest BCUT2D eigenvalue weighted by Crippen LogP contribution is 2.27. The van der Waals surface area contributed by atoms with Gasteiger partial charge in [0.1, 0.15) is 5.75 Å². The highest BCUT2D eigenvalue weighted by Gasteiger charge is 2.15. The van der Waals surface area contributed by atoms with Gasteiger partial charge in [-0.3, -0.25) is 9.59 Å². The lowest BCUT2D eigenvalue weighted by molar-refractivity contribution is -0.117. The van der Waals surface area contributed by atoms with Gasteiger partial charge in [0.2, 0.25) is 11.8 Å². The Balaban J connectivity index is 1.44. The van der Waals surface area contributed by atoms with E-state index >= 15 is 0 Å². The minimum atomic E-state index is -0.0489. The third-order valence-electron chi connectivity index (χ3n) is 4.25. The summed E-state index contributed by atoms with van der Waals surface area (Å²) in [6.45, 7) is 2.36. The Labute approximate surface area is 157 Å². The van der Waals surface area contributed by atoms with Crippen LogP contribution in [-0.4, -0.2) is 18.4 Å². The van der Waals surface area contributed by atoms with Crippen LogP contribution in [0.15, 0.2) is 36.4 Å². The van der Waals surface area contributed by atoms with Crippen LogP contribution in [0, 0.1) is 6.92 Å². The van der Waals surface area contributed by atoms with E-state index in [1.165, 1.54) is 0 Å². The monoisotopic (exact) mass is 372 g/mol. The zero-order valence-electron chi connectivity index (χ0n) is 14.6. The van der Waals surface area contributed by atoms with Crippen LogP contribution in [0.3, 0.4) is 0 Å². The molecule has 26 heavy (non-hydrogen) atoms. The number of hydrogen-bond acceptors (Lipinski definition) is 3. The topological polar surface area (TPSA) is 67.4 Å². The molecular weight excluding hydrogens is 352 g/mol. The van der Waals surface area contributed by atoms with Gasteiger partial charge in [0.05, 0.1) is 6.61 Å². The molecule has 2 aromatic rings. The van der Waals surface area contributed by atoms with Crippen molar-refractivity contribution in [2.75, 3.05) is 17.2 Å². The molecule has 0 atom stereocenters. The number of nitrogens with one attached hydrogen (secondary N) is 2. The number of anilines is 2. The summed E-state index contributed by atoms with van der Waals surface area (Å²) in [6, 6.07) is 11.0. The number of hydrogen-bond donors (Lipinski definition) is 2. The first-order valence-electron chi connectivity index (χ1n) is 8.63. The van der Waals surface area contributed by atoms with Gasteiger partial charge in [0.25, 0.3) is 0 Å². The normalized spacial score (nSPS) is 12.9. The van der Waals surface area contributed by atoms with Gasteiger partial charge in [-0.25, -0.2) is 0 Å². The zero-order chi connectivity index (χ0) is 18.5. The largest absolute Gasteiger partial charge is 0.494 e. The molecule has 1 aliphatic heterocycles. The maximum absolute atomic E-state index is 12.0. The smallest absolute Gasteiger partial charge is 0.224 e. The third-order valence-corrected chi connectivity index (χ3v) is 4.49. The maximum Gasteiger partial charge on any atom is 0.224 e. The second-order valence-corrected chi connectivity index (χ2v) is 6.76. The number of ether oxygens (including phenoxy) is 1. The Hall–Kier alpha value is -2.53. The van der Waals surface area contributed by atoms with Crippen LogP contribution in [0.2, 0.25) is 5.02 Å². The quantitative estimate of drug-likeness (QED) is 0.741.